The zero-order valence-electron chi connectivity index (χ0n) is 22.4. The summed E-state index contributed by atoms with van der Waals surface area (Å²) in [5, 5.41) is 7.87. The third kappa shape index (κ3) is 6.13. The fourth-order valence-corrected chi connectivity index (χ4v) is 4.34. The Morgan fingerprint density at radius 1 is 0.500 bits per heavy atom. The number of hydrogen-bond donors (Lipinski definition) is 2. The smallest absolute Gasteiger partial charge is 0.175 e. The summed E-state index contributed by atoms with van der Waals surface area (Å²) in [5.41, 5.74) is 7.33. The molecule has 2 N–H and O–H groups in total. The van der Waals surface area contributed by atoms with Crippen molar-refractivity contribution in [3.63, 3.8) is 0 Å². The maximum absolute atomic E-state index is 5.93. The van der Waals surface area contributed by atoms with Gasteiger partial charge in [-0.05, 0) is 56.1 Å². The minimum atomic E-state index is -0.000899. The maximum Gasteiger partial charge on any atom is 0.175 e. The van der Waals surface area contributed by atoms with Crippen molar-refractivity contribution in [1.82, 2.24) is 0 Å². The average molecular weight is 453 g/mol. The monoisotopic (exact) mass is 452 g/mol. The highest BCUT2D eigenvalue weighted by Crippen LogP contribution is 2.40. The van der Waals surface area contributed by atoms with Gasteiger partial charge in [0.2, 0.25) is 0 Å². The Balaban J connectivity index is 2.58. The Labute approximate surface area is 202 Å². The largest absolute Gasteiger partial charge is 0.332 e. The molecule has 176 valence electrons. The zero-order chi connectivity index (χ0) is 24.7. The molecule has 0 aromatic heterocycles. The quantitative estimate of drug-likeness (QED) is 0.446. The van der Waals surface area contributed by atoms with Crippen LogP contribution in [-0.2, 0) is 21.7 Å². The van der Waals surface area contributed by atoms with E-state index in [1.807, 2.05) is 0 Å². The van der Waals surface area contributed by atoms with E-state index in [0.29, 0.717) is 5.11 Å². The molecule has 2 nitrogen and oxygen atoms in total. The van der Waals surface area contributed by atoms with Crippen LogP contribution in [0.25, 0.3) is 0 Å². The number of hydrogen-bond acceptors (Lipinski definition) is 1. The van der Waals surface area contributed by atoms with Gasteiger partial charge < -0.3 is 10.6 Å². The van der Waals surface area contributed by atoms with Crippen molar-refractivity contribution in [3.8, 4) is 0 Å². The van der Waals surface area contributed by atoms with Gasteiger partial charge in [-0.25, -0.2) is 0 Å². The lowest BCUT2D eigenvalue weighted by Crippen LogP contribution is -2.29. The second-order valence-corrected chi connectivity index (χ2v) is 13.4. The van der Waals surface area contributed by atoms with Gasteiger partial charge in [0.05, 0.1) is 0 Å². The molecule has 0 aliphatic carbocycles. The summed E-state index contributed by atoms with van der Waals surface area (Å²) in [6.45, 7) is 27.0. The standard InChI is InChI=1S/C29H44N2S/c1-26(2,3)19-15-13-16-20(27(4,5)6)23(19)30-25(32)31-24-21(28(7,8)9)17-14-18-22(24)29(10,11)12/h13-18H,1-12H3,(H2,30,31,32). The lowest BCUT2D eigenvalue weighted by molar-refractivity contribution is 0.572. The average Bonchev–Trinajstić information content (AvgIpc) is 2.58. The lowest BCUT2D eigenvalue weighted by atomic mass is 9.78. The Hall–Kier alpha value is -1.87. The van der Waals surface area contributed by atoms with Crippen molar-refractivity contribution >= 4 is 28.7 Å². The second kappa shape index (κ2) is 8.82. The van der Waals surface area contributed by atoms with Crippen LogP contribution in [0.15, 0.2) is 36.4 Å². The van der Waals surface area contributed by atoms with E-state index in [1.165, 1.54) is 22.3 Å². The van der Waals surface area contributed by atoms with Crippen molar-refractivity contribution in [1.29, 1.82) is 0 Å². The van der Waals surface area contributed by atoms with Gasteiger partial charge in [-0.2, -0.15) is 0 Å². The molecule has 3 heteroatoms. The van der Waals surface area contributed by atoms with E-state index in [-0.39, 0.29) is 21.7 Å². The third-order valence-corrected chi connectivity index (χ3v) is 6.04. The summed E-state index contributed by atoms with van der Waals surface area (Å²) >= 11 is 5.93. The van der Waals surface area contributed by atoms with Gasteiger partial charge in [-0.15, -0.1) is 0 Å². The van der Waals surface area contributed by atoms with Crippen LogP contribution in [0.1, 0.15) is 105 Å². The van der Waals surface area contributed by atoms with Crippen molar-refractivity contribution in [3.05, 3.63) is 58.7 Å². The first-order valence-electron chi connectivity index (χ1n) is 11.7. The molecule has 0 radical (unpaired) electrons. The Morgan fingerprint density at radius 2 is 0.719 bits per heavy atom. The molecule has 0 fully saturated rings. The molecule has 0 atom stereocenters. The number of benzene rings is 2. The van der Waals surface area contributed by atoms with Gasteiger partial charge in [0.15, 0.2) is 5.11 Å². The van der Waals surface area contributed by atoms with E-state index in [1.54, 1.807) is 0 Å². The molecule has 0 saturated heterocycles. The SMILES string of the molecule is CC(C)(C)c1cccc(C(C)(C)C)c1NC(=S)Nc1c(C(C)(C)C)cccc1C(C)(C)C. The minimum Gasteiger partial charge on any atom is -0.332 e. The van der Waals surface area contributed by atoms with Crippen molar-refractivity contribution in [2.75, 3.05) is 10.6 Å². The van der Waals surface area contributed by atoms with Gasteiger partial charge in [-0.1, -0.05) is 119 Å². The summed E-state index contributed by atoms with van der Waals surface area (Å²) in [5.74, 6) is 0. The highest BCUT2D eigenvalue weighted by molar-refractivity contribution is 7.80. The van der Waals surface area contributed by atoms with Crippen LogP contribution >= 0.6 is 12.2 Å². The van der Waals surface area contributed by atoms with Gasteiger partial charge in [0.25, 0.3) is 0 Å². The molecule has 2 aromatic carbocycles. The highest BCUT2D eigenvalue weighted by Gasteiger charge is 2.28. The molecule has 0 spiro atoms. The van der Waals surface area contributed by atoms with E-state index in [0.717, 1.165) is 11.4 Å². The fourth-order valence-electron chi connectivity index (χ4n) is 4.13. The molecule has 0 heterocycles. The van der Waals surface area contributed by atoms with Crippen molar-refractivity contribution < 1.29 is 0 Å². The van der Waals surface area contributed by atoms with Crippen LogP contribution in [0.3, 0.4) is 0 Å². The molecule has 2 rings (SSSR count). The molecular weight excluding hydrogens is 408 g/mol. The third-order valence-electron chi connectivity index (χ3n) is 5.84. The van der Waals surface area contributed by atoms with Crippen LogP contribution in [0.5, 0.6) is 0 Å². The molecule has 0 amide bonds. The van der Waals surface area contributed by atoms with E-state index >= 15 is 0 Å². The van der Waals surface area contributed by atoms with Crippen LogP contribution in [0, 0.1) is 0 Å². The fraction of sp³-hybridized carbons (Fsp3) is 0.552. The topological polar surface area (TPSA) is 24.1 Å². The second-order valence-electron chi connectivity index (χ2n) is 13.0. The molecule has 0 aliphatic rings. The van der Waals surface area contributed by atoms with E-state index in [4.69, 9.17) is 12.2 Å². The van der Waals surface area contributed by atoms with Gasteiger partial charge in [0, 0.05) is 11.4 Å². The first-order valence-corrected chi connectivity index (χ1v) is 12.1. The first-order chi connectivity index (χ1) is 14.3. The molecule has 2 aromatic rings. The zero-order valence-corrected chi connectivity index (χ0v) is 23.2. The van der Waals surface area contributed by atoms with Gasteiger partial charge in [-0.3, -0.25) is 0 Å². The predicted molar refractivity (Wildman–Crippen MR) is 148 cm³/mol. The van der Waals surface area contributed by atoms with Gasteiger partial charge in [0.1, 0.15) is 0 Å². The Morgan fingerprint density at radius 3 is 0.906 bits per heavy atom. The number of para-hydroxylation sites is 2. The maximum atomic E-state index is 5.93. The normalized spacial score (nSPS) is 13.1. The van der Waals surface area contributed by atoms with E-state index in [9.17, 15) is 0 Å². The number of nitrogens with one attached hydrogen (secondary N) is 2. The predicted octanol–water partition coefficient (Wildman–Crippen LogP) is 8.69. The van der Waals surface area contributed by atoms with Crippen LogP contribution in [0.2, 0.25) is 0 Å². The Kier molecular flexibility index (Phi) is 7.27. The summed E-state index contributed by atoms with van der Waals surface area (Å²) in [6.07, 6.45) is 0. The van der Waals surface area contributed by atoms with E-state index in [2.05, 4.69) is 130 Å². The van der Waals surface area contributed by atoms with E-state index < -0.39 is 0 Å². The molecule has 32 heavy (non-hydrogen) atoms. The number of rotatable bonds is 2. The van der Waals surface area contributed by atoms with Gasteiger partial charge >= 0.3 is 0 Å². The molecule has 0 aliphatic heterocycles. The summed E-state index contributed by atoms with van der Waals surface area (Å²) < 4.78 is 0. The molecule has 0 unspecified atom stereocenters. The van der Waals surface area contributed by atoms with Crippen molar-refractivity contribution in [2.24, 2.45) is 0 Å². The number of thiocarbonyl (C=S) groups is 1. The molecule has 0 bridgehead atoms. The summed E-state index contributed by atoms with van der Waals surface area (Å²) in [4.78, 5) is 0. The van der Waals surface area contributed by atoms with Crippen molar-refractivity contribution in [2.45, 2.75) is 105 Å². The minimum absolute atomic E-state index is 0.000899. The Bertz CT molecular complexity index is 830. The summed E-state index contributed by atoms with van der Waals surface area (Å²) in [6, 6.07) is 13.2. The highest BCUT2D eigenvalue weighted by atomic mass is 32.1. The lowest BCUT2D eigenvalue weighted by Gasteiger charge is -2.32. The first kappa shape index (κ1) is 26.4. The van der Waals surface area contributed by atoms with Crippen LogP contribution < -0.4 is 10.6 Å². The molecular formula is C29H44N2S. The molecule has 0 saturated carbocycles. The van der Waals surface area contributed by atoms with Crippen LogP contribution in [-0.4, -0.2) is 5.11 Å². The summed E-state index contributed by atoms with van der Waals surface area (Å²) in [7, 11) is 0. The number of anilines is 2. The van der Waals surface area contributed by atoms with Crippen LogP contribution in [0.4, 0.5) is 11.4 Å².